The Morgan fingerprint density at radius 2 is 1.88 bits per heavy atom. The third kappa shape index (κ3) is 4.55. The summed E-state index contributed by atoms with van der Waals surface area (Å²) >= 11 is 0. The minimum atomic E-state index is 0.0715. The zero-order chi connectivity index (χ0) is 21.9. The Balaban J connectivity index is 1.22. The van der Waals surface area contributed by atoms with Crippen LogP contribution in [-0.2, 0) is 24.8 Å². The van der Waals surface area contributed by atoms with Crippen LogP contribution in [0.5, 0.6) is 0 Å². The monoisotopic (exact) mass is 427 g/mol. The van der Waals surface area contributed by atoms with Crippen LogP contribution in [0.4, 0.5) is 0 Å². The Kier molecular flexibility index (Phi) is 5.68. The Bertz CT molecular complexity index is 1230. The Labute approximate surface area is 186 Å². The third-order valence-electron chi connectivity index (χ3n) is 6.06. The molecule has 8 nitrogen and oxygen atoms in total. The van der Waals surface area contributed by atoms with E-state index < -0.39 is 0 Å². The molecular formula is C24H25N7O. The summed E-state index contributed by atoms with van der Waals surface area (Å²) < 4.78 is 1.78. The van der Waals surface area contributed by atoms with Crippen molar-refractivity contribution in [3.63, 3.8) is 0 Å². The highest BCUT2D eigenvalue weighted by atomic mass is 16.1. The van der Waals surface area contributed by atoms with Crippen molar-refractivity contribution in [2.24, 2.45) is 13.0 Å². The molecule has 3 aromatic heterocycles. The van der Waals surface area contributed by atoms with Crippen molar-refractivity contribution in [2.75, 3.05) is 13.1 Å². The van der Waals surface area contributed by atoms with Crippen LogP contribution in [0.2, 0.25) is 0 Å². The average Bonchev–Trinajstić information content (AvgIpc) is 3.26. The van der Waals surface area contributed by atoms with Crippen LogP contribution < -0.4 is 0 Å². The number of fused-ring (bicyclic) bond motifs is 1. The predicted octanol–water partition coefficient (Wildman–Crippen LogP) is 2.84. The molecule has 4 aromatic rings. The van der Waals surface area contributed by atoms with Gasteiger partial charge in [-0.1, -0.05) is 6.07 Å². The molecule has 0 saturated carbocycles. The lowest BCUT2D eigenvalue weighted by Crippen LogP contribution is -2.36. The van der Waals surface area contributed by atoms with E-state index in [1.165, 1.54) is 0 Å². The first-order valence-electron chi connectivity index (χ1n) is 10.9. The summed E-state index contributed by atoms with van der Waals surface area (Å²) in [6.45, 7) is 2.50. The van der Waals surface area contributed by atoms with Crippen LogP contribution in [0.25, 0.3) is 22.0 Å². The van der Waals surface area contributed by atoms with Crippen molar-refractivity contribution >= 4 is 16.7 Å². The van der Waals surface area contributed by atoms with Crippen LogP contribution in [0.15, 0.2) is 55.1 Å². The number of likely N-dealkylation sites (tertiary alicyclic amines) is 1. The average molecular weight is 428 g/mol. The highest BCUT2D eigenvalue weighted by Crippen LogP contribution is 2.24. The molecule has 162 valence electrons. The number of ketones is 1. The number of benzene rings is 1. The second-order valence-electron chi connectivity index (χ2n) is 8.37. The maximum absolute atomic E-state index is 12.9. The summed E-state index contributed by atoms with van der Waals surface area (Å²) in [5.74, 6) is 1.15. The largest absolute Gasteiger partial charge is 0.299 e. The number of piperidine rings is 1. The van der Waals surface area contributed by atoms with E-state index in [2.05, 4.69) is 36.2 Å². The fourth-order valence-electron chi connectivity index (χ4n) is 4.27. The van der Waals surface area contributed by atoms with Gasteiger partial charge in [-0.3, -0.25) is 14.4 Å². The molecule has 0 N–H and O–H groups in total. The Morgan fingerprint density at radius 1 is 1.06 bits per heavy atom. The molecule has 5 rings (SSSR count). The van der Waals surface area contributed by atoms with Crippen molar-refractivity contribution < 1.29 is 4.79 Å². The highest BCUT2D eigenvalue weighted by molar-refractivity contribution is 5.86. The first-order valence-corrected chi connectivity index (χ1v) is 10.9. The number of hydrogen-bond acceptors (Lipinski definition) is 7. The number of Topliss-reactive ketones (excluding diaryl/α,β-unsaturated/α-hetero) is 1. The van der Waals surface area contributed by atoms with Gasteiger partial charge in [0, 0.05) is 42.5 Å². The molecular weight excluding hydrogens is 402 g/mol. The number of aromatic nitrogens is 6. The molecule has 1 aromatic carbocycles. The molecule has 0 spiro atoms. The van der Waals surface area contributed by atoms with Gasteiger partial charge in [-0.2, -0.15) is 15.3 Å². The van der Waals surface area contributed by atoms with Crippen molar-refractivity contribution in [2.45, 2.75) is 25.8 Å². The maximum Gasteiger partial charge on any atom is 0.142 e. The van der Waals surface area contributed by atoms with Crippen LogP contribution in [0.1, 0.15) is 24.4 Å². The second kappa shape index (κ2) is 8.92. The molecule has 1 fully saturated rings. The van der Waals surface area contributed by atoms with Crippen LogP contribution in [-0.4, -0.2) is 53.7 Å². The molecule has 0 bridgehead atoms. The fraction of sp³-hybridized carbons (Fsp3) is 0.333. The number of nitrogens with zero attached hydrogens (tertiary/aromatic N) is 7. The van der Waals surface area contributed by atoms with Crippen molar-refractivity contribution in [1.82, 2.24) is 34.8 Å². The van der Waals surface area contributed by atoms with Crippen LogP contribution in [0, 0.1) is 5.92 Å². The SMILES string of the molecule is Cn1cc(-c2ccc3nnc(CC(=O)C4CCN(Cc5ncccn5)CC4)cc3c2)cn1. The standard InChI is InChI=1S/C24H25N7O/c1-30-15-20(14-27-30)18-3-4-22-19(11-18)12-21(28-29-22)13-23(32)17-5-9-31(10-6-17)16-24-25-7-2-8-26-24/h2-4,7-8,11-12,14-15,17H,5-6,9-10,13,16H2,1H3. The summed E-state index contributed by atoms with van der Waals surface area (Å²) in [4.78, 5) is 23.8. The topological polar surface area (TPSA) is 89.7 Å². The number of rotatable bonds is 6. The molecule has 0 atom stereocenters. The lowest BCUT2D eigenvalue weighted by atomic mass is 9.90. The molecule has 4 heterocycles. The summed E-state index contributed by atoms with van der Waals surface area (Å²) in [7, 11) is 1.90. The lowest BCUT2D eigenvalue weighted by molar-refractivity contribution is -0.123. The first kappa shape index (κ1) is 20.4. The van der Waals surface area contributed by atoms with Gasteiger partial charge in [0.05, 0.1) is 30.4 Å². The van der Waals surface area contributed by atoms with E-state index in [1.807, 2.05) is 43.7 Å². The van der Waals surface area contributed by atoms with Gasteiger partial charge < -0.3 is 0 Å². The van der Waals surface area contributed by atoms with Gasteiger partial charge >= 0.3 is 0 Å². The zero-order valence-corrected chi connectivity index (χ0v) is 18.1. The van der Waals surface area contributed by atoms with Crippen LogP contribution >= 0.6 is 0 Å². The van der Waals surface area contributed by atoms with E-state index >= 15 is 0 Å². The van der Waals surface area contributed by atoms with Gasteiger partial charge in [-0.05, 0) is 55.8 Å². The molecule has 0 amide bonds. The Hall–Kier alpha value is -3.52. The predicted molar refractivity (Wildman–Crippen MR) is 120 cm³/mol. The van der Waals surface area contributed by atoms with Crippen molar-refractivity contribution in [1.29, 1.82) is 0 Å². The first-order chi connectivity index (χ1) is 15.6. The lowest BCUT2D eigenvalue weighted by Gasteiger charge is -2.30. The van der Waals surface area contributed by atoms with Gasteiger partial charge in [0.2, 0.25) is 0 Å². The van der Waals surface area contributed by atoms with E-state index in [-0.39, 0.29) is 11.7 Å². The van der Waals surface area contributed by atoms with E-state index in [1.54, 1.807) is 17.1 Å². The van der Waals surface area contributed by atoms with Crippen molar-refractivity contribution in [3.05, 3.63) is 66.6 Å². The van der Waals surface area contributed by atoms with Gasteiger partial charge in [-0.25, -0.2) is 9.97 Å². The minimum Gasteiger partial charge on any atom is -0.299 e. The number of hydrogen-bond donors (Lipinski definition) is 0. The molecule has 32 heavy (non-hydrogen) atoms. The fourth-order valence-corrected chi connectivity index (χ4v) is 4.27. The molecule has 1 aliphatic rings. The molecule has 1 saturated heterocycles. The normalized spacial score (nSPS) is 15.3. The minimum absolute atomic E-state index is 0.0715. The molecule has 0 radical (unpaired) electrons. The third-order valence-corrected chi connectivity index (χ3v) is 6.06. The molecule has 8 heteroatoms. The van der Waals surface area contributed by atoms with Gasteiger partial charge in [0.1, 0.15) is 11.6 Å². The zero-order valence-electron chi connectivity index (χ0n) is 18.1. The highest BCUT2D eigenvalue weighted by Gasteiger charge is 2.25. The van der Waals surface area contributed by atoms with E-state index in [0.29, 0.717) is 6.42 Å². The van der Waals surface area contributed by atoms with E-state index in [9.17, 15) is 4.79 Å². The van der Waals surface area contributed by atoms with Crippen LogP contribution in [0.3, 0.4) is 0 Å². The second-order valence-corrected chi connectivity index (χ2v) is 8.37. The van der Waals surface area contributed by atoms with Gasteiger partial charge in [-0.15, -0.1) is 0 Å². The summed E-state index contributed by atoms with van der Waals surface area (Å²) in [6.07, 6.45) is 9.40. The van der Waals surface area contributed by atoms with Crippen molar-refractivity contribution in [3.8, 4) is 11.1 Å². The quantitative estimate of drug-likeness (QED) is 0.467. The van der Waals surface area contributed by atoms with Gasteiger partial charge in [0.25, 0.3) is 0 Å². The number of aryl methyl sites for hydroxylation is 1. The smallest absolute Gasteiger partial charge is 0.142 e. The molecule has 1 aliphatic heterocycles. The molecule has 0 unspecified atom stereocenters. The molecule has 0 aliphatic carbocycles. The summed E-state index contributed by atoms with van der Waals surface area (Å²) in [6, 6.07) is 9.88. The van der Waals surface area contributed by atoms with E-state index in [4.69, 9.17) is 0 Å². The van der Waals surface area contributed by atoms with E-state index in [0.717, 1.165) is 66.0 Å². The van der Waals surface area contributed by atoms with Gasteiger partial charge in [0.15, 0.2) is 0 Å². The summed E-state index contributed by atoms with van der Waals surface area (Å²) in [5.41, 5.74) is 3.68. The Morgan fingerprint density at radius 3 is 2.62 bits per heavy atom. The summed E-state index contributed by atoms with van der Waals surface area (Å²) in [5, 5.41) is 13.9. The number of carbonyl (C=O) groups is 1. The maximum atomic E-state index is 12.9. The number of carbonyl (C=O) groups excluding carboxylic acids is 1.